The van der Waals surface area contributed by atoms with Gasteiger partial charge in [-0.1, -0.05) is 35.3 Å². The molecule has 0 aliphatic heterocycles. The molecule has 0 aliphatic carbocycles. The number of aromatic nitrogens is 2. The van der Waals surface area contributed by atoms with Crippen molar-refractivity contribution in [2.75, 3.05) is 5.32 Å². The lowest BCUT2D eigenvalue weighted by Gasteiger charge is -2.15. The third-order valence-corrected chi connectivity index (χ3v) is 6.21. The molecule has 6 nitrogen and oxygen atoms in total. The monoisotopic (exact) mass is 475 g/mol. The summed E-state index contributed by atoms with van der Waals surface area (Å²) in [6.45, 7) is 0.704. The fourth-order valence-electron chi connectivity index (χ4n) is 2.67. The highest BCUT2D eigenvalue weighted by Crippen LogP contribution is 2.30. The smallest absolute Gasteiger partial charge is 0.387 e. The van der Waals surface area contributed by atoms with Crippen LogP contribution in [0.3, 0.4) is 0 Å². The van der Waals surface area contributed by atoms with Crippen LogP contribution in [0.2, 0.25) is 10.0 Å². The lowest BCUT2D eigenvalue weighted by molar-refractivity contribution is -0.0498. The molecular formula is C19H17Cl2F2N3O3S. The number of ether oxygens (including phenoxy) is 1. The van der Waals surface area contributed by atoms with Gasteiger partial charge in [-0.05, 0) is 43.7 Å². The molecule has 1 aromatic heterocycles. The molecule has 11 heteroatoms. The molecule has 0 aliphatic rings. The first-order valence-corrected chi connectivity index (χ1v) is 11.2. The first-order valence-electron chi connectivity index (χ1n) is 8.75. The van der Waals surface area contributed by atoms with Crippen LogP contribution in [0.25, 0.3) is 11.0 Å². The molecule has 0 radical (unpaired) electrons. The summed E-state index contributed by atoms with van der Waals surface area (Å²) in [6, 6.07) is 8.19. The van der Waals surface area contributed by atoms with Gasteiger partial charge in [0, 0.05) is 6.04 Å². The number of nitrogens with zero attached hydrogens (tertiary/aromatic N) is 2. The summed E-state index contributed by atoms with van der Waals surface area (Å²) >= 11 is 12.1. The molecule has 3 aromatic rings. The van der Waals surface area contributed by atoms with Gasteiger partial charge in [-0.2, -0.15) is 8.78 Å². The Morgan fingerprint density at radius 2 is 1.60 bits per heavy atom. The van der Waals surface area contributed by atoms with Crippen molar-refractivity contribution < 1.29 is 21.9 Å². The third kappa shape index (κ3) is 5.27. The van der Waals surface area contributed by atoms with Crippen molar-refractivity contribution in [2.24, 2.45) is 0 Å². The second-order valence-electron chi connectivity index (χ2n) is 6.71. The van der Waals surface area contributed by atoms with Crippen molar-refractivity contribution >= 4 is 49.9 Å². The molecule has 160 valence electrons. The van der Waals surface area contributed by atoms with E-state index < -0.39 is 22.2 Å². The van der Waals surface area contributed by atoms with Crippen molar-refractivity contribution in [1.29, 1.82) is 0 Å². The Kier molecular flexibility index (Phi) is 6.64. The summed E-state index contributed by atoms with van der Waals surface area (Å²) in [5.74, 6) is -0.380. The molecule has 30 heavy (non-hydrogen) atoms. The minimum absolute atomic E-state index is 0.0645. The lowest BCUT2D eigenvalue weighted by atomic mass is 10.2. The molecule has 0 fully saturated rings. The van der Waals surface area contributed by atoms with Crippen LogP contribution in [0, 0.1) is 0 Å². The molecule has 0 amide bonds. The number of nitrogens with one attached hydrogen (secondary N) is 1. The minimum atomic E-state index is -3.94. The van der Waals surface area contributed by atoms with E-state index in [1.807, 2.05) is 13.8 Å². The number of alkyl halides is 2. The SMILES string of the molecule is CC(C)Nc1nc2cc(Cl)c(Cl)cc2nc1S(=O)(=O)Cc1ccc(OC(F)F)cc1. The van der Waals surface area contributed by atoms with E-state index in [9.17, 15) is 17.2 Å². The molecule has 0 atom stereocenters. The van der Waals surface area contributed by atoms with Gasteiger partial charge in [-0.3, -0.25) is 0 Å². The number of anilines is 1. The van der Waals surface area contributed by atoms with E-state index in [4.69, 9.17) is 23.2 Å². The maximum Gasteiger partial charge on any atom is 0.387 e. The van der Waals surface area contributed by atoms with Crippen LogP contribution >= 0.6 is 23.2 Å². The molecule has 1 heterocycles. The molecule has 0 bridgehead atoms. The second-order valence-corrected chi connectivity index (χ2v) is 9.43. The third-order valence-electron chi connectivity index (χ3n) is 3.90. The van der Waals surface area contributed by atoms with Crippen molar-refractivity contribution in [3.05, 3.63) is 52.0 Å². The van der Waals surface area contributed by atoms with Crippen LogP contribution in [-0.2, 0) is 15.6 Å². The van der Waals surface area contributed by atoms with Gasteiger partial charge in [0.15, 0.2) is 10.8 Å². The predicted molar refractivity (Wildman–Crippen MR) is 112 cm³/mol. The quantitative estimate of drug-likeness (QED) is 0.497. The largest absolute Gasteiger partial charge is 0.435 e. The van der Waals surface area contributed by atoms with E-state index in [0.717, 1.165) is 0 Å². The average molecular weight is 476 g/mol. The van der Waals surface area contributed by atoms with Gasteiger partial charge in [-0.25, -0.2) is 18.4 Å². The normalized spacial score (nSPS) is 12.0. The summed E-state index contributed by atoms with van der Waals surface area (Å²) in [5, 5.41) is 3.25. The Balaban J connectivity index is 2.02. The van der Waals surface area contributed by atoms with Crippen molar-refractivity contribution in [2.45, 2.75) is 37.3 Å². The lowest BCUT2D eigenvalue weighted by Crippen LogP contribution is -2.17. The van der Waals surface area contributed by atoms with Gasteiger partial charge in [0.1, 0.15) is 5.75 Å². The second kappa shape index (κ2) is 8.87. The van der Waals surface area contributed by atoms with Crippen molar-refractivity contribution in [3.8, 4) is 5.75 Å². The van der Waals surface area contributed by atoms with Gasteiger partial charge in [0.25, 0.3) is 0 Å². The van der Waals surface area contributed by atoms with Gasteiger partial charge in [0.05, 0.1) is 26.8 Å². The Bertz CT molecular complexity index is 1170. The van der Waals surface area contributed by atoms with Gasteiger partial charge >= 0.3 is 6.61 Å². The number of hydrogen-bond donors (Lipinski definition) is 1. The summed E-state index contributed by atoms with van der Waals surface area (Å²) in [5.41, 5.74) is 1.04. The highest BCUT2D eigenvalue weighted by molar-refractivity contribution is 7.90. The number of rotatable bonds is 7. The van der Waals surface area contributed by atoms with Crippen LogP contribution in [0.5, 0.6) is 5.75 Å². The van der Waals surface area contributed by atoms with Gasteiger partial charge in [-0.15, -0.1) is 0 Å². The zero-order valence-corrected chi connectivity index (χ0v) is 18.2. The van der Waals surface area contributed by atoms with E-state index in [1.165, 1.54) is 36.4 Å². The molecule has 0 saturated heterocycles. The topological polar surface area (TPSA) is 81.2 Å². The molecule has 0 spiro atoms. The standard InChI is InChI=1S/C19H17Cl2F2N3O3S/c1-10(2)24-17-18(26-16-8-14(21)13(20)7-15(16)25-17)30(27,28)9-11-3-5-12(6-4-11)29-19(22)23/h3-8,10,19H,9H2,1-2H3,(H,24,25). The van der Waals surface area contributed by atoms with Crippen LogP contribution < -0.4 is 10.1 Å². The van der Waals surface area contributed by atoms with Gasteiger partial charge in [0.2, 0.25) is 9.84 Å². The Morgan fingerprint density at radius 3 is 2.13 bits per heavy atom. The van der Waals surface area contributed by atoms with Crippen LogP contribution in [-0.4, -0.2) is 31.0 Å². The summed E-state index contributed by atoms with van der Waals surface area (Å²) in [6.07, 6.45) is 0. The Labute approximate surface area is 182 Å². The zero-order chi connectivity index (χ0) is 22.1. The van der Waals surface area contributed by atoms with E-state index in [-0.39, 0.29) is 38.2 Å². The van der Waals surface area contributed by atoms with Crippen LogP contribution in [0.4, 0.5) is 14.6 Å². The highest BCUT2D eigenvalue weighted by Gasteiger charge is 2.24. The molecule has 2 aromatic carbocycles. The maximum atomic E-state index is 13.1. The molecular weight excluding hydrogens is 459 g/mol. The van der Waals surface area contributed by atoms with E-state index in [0.29, 0.717) is 11.1 Å². The van der Waals surface area contributed by atoms with E-state index in [1.54, 1.807) is 0 Å². The average Bonchev–Trinajstić information content (AvgIpc) is 2.63. The van der Waals surface area contributed by atoms with Crippen molar-refractivity contribution in [3.63, 3.8) is 0 Å². The molecule has 0 unspecified atom stereocenters. The first-order chi connectivity index (χ1) is 14.0. The number of hydrogen-bond acceptors (Lipinski definition) is 6. The predicted octanol–water partition coefficient (Wildman–Crippen LogP) is 5.33. The van der Waals surface area contributed by atoms with Crippen LogP contribution in [0.15, 0.2) is 41.4 Å². The Hall–Kier alpha value is -2.23. The number of benzene rings is 2. The minimum Gasteiger partial charge on any atom is -0.435 e. The molecule has 3 rings (SSSR count). The Morgan fingerprint density at radius 1 is 1.03 bits per heavy atom. The number of fused-ring (bicyclic) bond motifs is 1. The summed E-state index contributed by atoms with van der Waals surface area (Å²) in [4.78, 5) is 8.65. The van der Waals surface area contributed by atoms with Gasteiger partial charge < -0.3 is 10.1 Å². The van der Waals surface area contributed by atoms with E-state index >= 15 is 0 Å². The van der Waals surface area contributed by atoms with E-state index in [2.05, 4.69) is 20.0 Å². The summed E-state index contributed by atoms with van der Waals surface area (Å²) < 4.78 is 55.1. The number of halogens is 4. The fraction of sp³-hybridized carbons (Fsp3) is 0.263. The number of sulfone groups is 1. The molecule has 1 N–H and O–H groups in total. The zero-order valence-electron chi connectivity index (χ0n) is 15.9. The maximum absolute atomic E-state index is 13.1. The van der Waals surface area contributed by atoms with Crippen LogP contribution in [0.1, 0.15) is 19.4 Å². The highest BCUT2D eigenvalue weighted by atomic mass is 35.5. The fourth-order valence-corrected chi connectivity index (χ4v) is 4.40. The molecule has 0 saturated carbocycles. The first kappa shape index (κ1) is 22.5. The summed E-state index contributed by atoms with van der Waals surface area (Å²) in [7, 11) is -3.94. The van der Waals surface area contributed by atoms with Crippen molar-refractivity contribution in [1.82, 2.24) is 9.97 Å².